The summed E-state index contributed by atoms with van der Waals surface area (Å²) in [5.74, 6) is 2.31. The average molecular weight is 358 g/mol. The largest absolute Gasteiger partial charge is 0.391 e. The molecule has 9 heteroatoms. The van der Waals surface area contributed by atoms with E-state index in [4.69, 9.17) is 5.73 Å². The molecule has 4 N–H and O–H groups in total. The Hall–Kier alpha value is -2.39. The maximum Gasteiger partial charge on any atom is 0.150 e. The van der Waals surface area contributed by atoms with E-state index < -0.39 is 0 Å². The highest BCUT2D eigenvalue weighted by atomic mass is 16.3. The van der Waals surface area contributed by atoms with Gasteiger partial charge in [0.2, 0.25) is 0 Å². The lowest BCUT2D eigenvalue weighted by Crippen LogP contribution is -2.38. The van der Waals surface area contributed by atoms with Gasteiger partial charge < -0.3 is 25.5 Å². The maximum atomic E-state index is 10.1. The summed E-state index contributed by atoms with van der Waals surface area (Å²) in [6.45, 7) is 3.04. The number of fused-ring (bicyclic) bond motifs is 1. The molecule has 2 aliphatic rings. The van der Waals surface area contributed by atoms with Crippen LogP contribution in [-0.2, 0) is 13.0 Å². The lowest BCUT2D eigenvalue weighted by Gasteiger charge is -2.30. The van der Waals surface area contributed by atoms with Crippen molar-refractivity contribution in [3.8, 4) is 0 Å². The van der Waals surface area contributed by atoms with E-state index >= 15 is 0 Å². The molecule has 4 rings (SSSR count). The normalized spacial score (nSPS) is 22.9. The molecule has 2 aliphatic heterocycles. The second kappa shape index (κ2) is 6.73. The van der Waals surface area contributed by atoms with E-state index in [1.165, 1.54) is 0 Å². The van der Waals surface area contributed by atoms with E-state index in [0.717, 1.165) is 48.8 Å². The van der Waals surface area contributed by atoms with Crippen molar-refractivity contribution in [1.29, 1.82) is 0 Å². The third kappa shape index (κ3) is 3.19. The van der Waals surface area contributed by atoms with Crippen LogP contribution in [0.1, 0.15) is 17.7 Å². The van der Waals surface area contributed by atoms with E-state index in [-0.39, 0.29) is 12.1 Å². The van der Waals surface area contributed by atoms with Gasteiger partial charge in [-0.25, -0.2) is 9.97 Å². The van der Waals surface area contributed by atoms with Crippen LogP contribution in [0.15, 0.2) is 12.4 Å². The van der Waals surface area contributed by atoms with Gasteiger partial charge in [-0.15, -0.1) is 0 Å². The van der Waals surface area contributed by atoms with Gasteiger partial charge in [0.1, 0.15) is 23.8 Å². The Morgan fingerprint density at radius 3 is 2.96 bits per heavy atom. The van der Waals surface area contributed by atoms with E-state index in [1.54, 1.807) is 6.33 Å². The Bertz CT molecular complexity index is 776. The number of aromatic nitrogens is 4. The molecule has 0 amide bonds. The molecule has 0 spiro atoms. The van der Waals surface area contributed by atoms with Gasteiger partial charge in [-0.2, -0.15) is 5.10 Å². The Morgan fingerprint density at radius 2 is 2.15 bits per heavy atom. The fraction of sp³-hybridized carbons (Fsp3) is 0.588. The number of anilines is 3. The maximum absolute atomic E-state index is 10.1. The number of likely N-dealkylation sites (N-methyl/N-ethyl adjacent to an activating group) is 1. The highest BCUT2D eigenvalue weighted by Gasteiger charge is 2.32. The summed E-state index contributed by atoms with van der Waals surface area (Å²) in [6, 6.07) is 2.27. The van der Waals surface area contributed by atoms with Gasteiger partial charge in [0.25, 0.3) is 0 Å². The van der Waals surface area contributed by atoms with Gasteiger partial charge >= 0.3 is 0 Å². The summed E-state index contributed by atoms with van der Waals surface area (Å²) in [4.78, 5) is 15.5. The molecule has 0 bridgehead atoms. The number of aliphatic hydroxyl groups excluding tert-OH is 1. The smallest absolute Gasteiger partial charge is 0.150 e. The van der Waals surface area contributed by atoms with Crippen molar-refractivity contribution in [1.82, 2.24) is 25.1 Å². The van der Waals surface area contributed by atoms with Gasteiger partial charge in [-0.1, -0.05) is 0 Å². The summed E-state index contributed by atoms with van der Waals surface area (Å²) in [5, 5.41) is 17.3. The molecule has 0 aromatic carbocycles. The van der Waals surface area contributed by atoms with Crippen molar-refractivity contribution in [2.24, 2.45) is 0 Å². The minimum absolute atomic E-state index is 0.250. The number of aromatic amines is 1. The first-order valence-electron chi connectivity index (χ1n) is 8.99. The van der Waals surface area contributed by atoms with Crippen molar-refractivity contribution >= 4 is 17.5 Å². The number of hydrogen-bond donors (Lipinski definition) is 3. The number of nitrogen functional groups attached to an aromatic ring is 1. The molecule has 26 heavy (non-hydrogen) atoms. The fourth-order valence-electron chi connectivity index (χ4n) is 3.95. The molecule has 0 radical (unpaired) electrons. The third-order valence-corrected chi connectivity index (χ3v) is 5.19. The Kier molecular flexibility index (Phi) is 4.41. The molecular formula is C17H26N8O. The summed E-state index contributed by atoms with van der Waals surface area (Å²) >= 11 is 0. The van der Waals surface area contributed by atoms with Crippen LogP contribution >= 0.6 is 0 Å². The van der Waals surface area contributed by atoms with Crippen LogP contribution in [0, 0.1) is 0 Å². The second-order valence-electron chi connectivity index (χ2n) is 7.43. The second-order valence-corrected chi connectivity index (χ2v) is 7.43. The Balaban J connectivity index is 1.56. The van der Waals surface area contributed by atoms with Gasteiger partial charge in [-0.3, -0.25) is 5.10 Å². The van der Waals surface area contributed by atoms with Gasteiger partial charge in [0.05, 0.1) is 6.10 Å². The molecule has 4 heterocycles. The lowest BCUT2D eigenvalue weighted by atomic mass is 10.1. The molecular weight excluding hydrogens is 332 g/mol. The molecule has 2 aromatic rings. The minimum Gasteiger partial charge on any atom is -0.391 e. The number of aliphatic hydroxyl groups is 1. The zero-order valence-electron chi connectivity index (χ0n) is 15.3. The summed E-state index contributed by atoms with van der Waals surface area (Å²) in [7, 11) is 4.10. The van der Waals surface area contributed by atoms with Crippen LogP contribution in [-0.4, -0.2) is 76.0 Å². The number of hydrogen-bond acceptors (Lipinski definition) is 8. The van der Waals surface area contributed by atoms with Crippen LogP contribution < -0.4 is 15.5 Å². The van der Waals surface area contributed by atoms with Crippen molar-refractivity contribution in [3.05, 3.63) is 23.7 Å². The predicted octanol–water partition coefficient (Wildman–Crippen LogP) is -0.154. The molecule has 0 aliphatic carbocycles. The van der Waals surface area contributed by atoms with Crippen LogP contribution in [0.3, 0.4) is 0 Å². The zero-order valence-corrected chi connectivity index (χ0v) is 15.3. The number of rotatable bonds is 4. The average Bonchev–Trinajstić information content (AvgIpc) is 3.17. The van der Waals surface area contributed by atoms with Crippen molar-refractivity contribution < 1.29 is 5.11 Å². The number of nitrogens with one attached hydrogen (secondary N) is 1. The number of nitrogens with zero attached hydrogens (tertiary/aromatic N) is 6. The molecule has 9 nitrogen and oxygen atoms in total. The van der Waals surface area contributed by atoms with Gasteiger partial charge in [0, 0.05) is 56.0 Å². The van der Waals surface area contributed by atoms with Gasteiger partial charge in [-0.05, 0) is 20.5 Å². The monoisotopic (exact) mass is 358 g/mol. The van der Waals surface area contributed by atoms with Crippen molar-refractivity contribution in [3.63, 3.8) is 0 Å². The summed E-state index contributed by atoms with van der Waals surface area (Å²) < 4.78 is 0. The van der Waals surface area contributed by atoms with Crippen molar-refractivity contribution in [2.75, 3.05) is 49.3 Å². The van der Waals surface area contributed by atoms with Crippen LogP contribution in [0.5, 0.6) is 0 Å². The standard InChI is InChI=1S/C17H26N8O/c1-23(2)7-11-5-12(26)8-25(11)16-6-15(19-10-20-16)24-4-3-14-13(9-24)17(18)22-21-14/h6,10-12,26H,3-5,7-9H2,1-2H3,(H3,18,21,22)/t11-,12-/m1/s1. The van der Waals surface area contributed by atoms with Crippen molar-refractivity contribution in [2.45, 2.75) is 31.5 Å². The summed E-state index contributed by atoms with van der Waals surface area (Å²) in [6.07, 6.45) is 2.92. The first-order chi connectivity index (χ1) is 12.5. The Morgan fingerprint density at radius 1 is 1.35 bits per heavy atom. The third-order valence-electron chi connectivity index (χ3n) is 5.19. The topological polar surface area (TPSA) is 110 Å². The van der Waals surface area contributed by atoms with E-state index in [9.17, 15) is 5.11 Å². The Labute approximate surface area is 152 Å². The first kappa shape index (κ1) is 17.0. The molecule has 0 unspecified atom stereocenters. The molecule has 2 atom stereocenters. The highest BCUT2D eigenvalue weighted by molar-refractivity contribution is 5.55. The quantitative estimate of drug-likeness (QED) is 0.692. The fourth-order valence-corrected chi connectivity index (χ4v) is 3.95. The van der Waals surface area contributed by atoms with E-state index in [0.29, 0.717) is 18.9 Å². The number of H-pyrrole nitrogens is 1. The lowest BCUT2D eigenvalue weighted by molar-refractivity contribution is 0.191. The molecule has 2 aromatic heterocycles. The van der Waals surface area contributed by atoms with E-state index in [1.807, 2.05) is 6.07 Å². The van der Waals surface area contributed by atoms with Crippen LogP contribution in [0.4, 0.5) is 17.5 Å². The highest BCUT2D eigenvalue weighted by Crippen LogP contribution is 2.29. The first-order valence-corrected chi connectivity index (χ1v) is 8.99. The van der Waals surface area contributed by atoms with Gasteiger partial charge in [0.15, 0.2) is 0 Å². The van der Waals surface area contributed by atoms with E-state index in [2.05, 4.69) is 49.0 Å². The number of β-amino-alcohol motifs (C(OH)–C–C–N with tert-alkyl or cyclic N) is 1. The van der Waals surface area contributed by atoms with Crippen LogP contribution in [0.2, 0.25) is 0 Å². The molecule has 1 fully saturated rings. The zero-order chi connectivity index (χ0) is 18.3. The predicted molar refractivity (Wildman–Crippen MR) is 100 cm³/mol. The summed E-state index contributed by atoms with van der Waals surface area (Å²) in [5.41, 5.74) is 8.14. The molecule has 1 saturated heterocycles. The number of nitrogens with two attached hydrogens (primary N) is 1. The molecule has 0 saturated carbocycles. The van der Waals surface area contributed by atoms with Crippen LogP contribution in [0.25, 0.3) is 0 Å². The molecule has 140 valence electrons. The minimum atomic E-state index is -0.318. The SMILES string of the molecule is CN(C)C[C@H]1C[C@@H](O)CN1c1cc(N2CCc3[nH]nc(N)c3C2)ncn1.